The maximum absolute atomic E-state index is 2.62. The van der Waals surface area contributed by atoms with Gasteiger partial charge in [0, 0.05) is 38.8 Å². The van der Waals surface area contributed by atoms with Crippen molar-refractivity contribution in [2.75, 3.05) is 4.90 Å². The molecule has 2 nitrogen and oxygen atoms in total. The standard InChI is InChI=1S/C73H64N2/c1-73(2)67-32-14-11-28-61(67)66-47-59(43-44-68(66)73)74(57-41-39-52(40-42-57)51-37-35-50(36-38-51)49-19-5-3-6-20-49)71-48-65(53-21-7-4-8-22-53)60-27-9-10-31-64(60)72(71)56-25-17-23-54(45-56)55-24-18-26-58(46-55)75-69-33-15-12-29-62(69)63-30-13-16-34-70(63)75/h9-18,23-49,53H,3-8,19-22H2,1-2H3. The Labute approximate surface area is 443 Å². The lowest BCUT2D eigenvalue weighted by atomic mass is 9.80. The quantitative estimate of drug-likeness (QED) is 0.140. The summed E-state index contributed by atoms with van der Waals surface area (Å²) in [4.78, 5) is 2.60. The lowest BCUT2D eigenvalue weighted by molar-refractivity contribution is 0.443. The third-order valence-corrected chi connectivity index (χ3v) is 17.8. The van der Waals surface area contributed by atoms with Gasteiger partial charge in [-0.2, -0.15) is 0 Å². The maximum atomic E-state index is 2.62. The van der Waals surface area contributed by atoms with E-state index in [-0.39, 0.29) is 5.41 Å². The molecule has 75 heavy (non-hydrogen) atoms. The van der Waals surface area contributed by atoms with Gasteiger partial charge in [-0.05, 0) is 170 Å². The summed E-state index contributed by atoms with van der Waals surface area (Å²) in [7, 11) is 0. The molecule has 0 bridgehead atoms. The zero-order chi connectivity index (χ0) is 50.0. The smallest absolute Gasteiger partial charge is 0.0549 e. The molecule has 0 radical (unpaired) electrons. The average molecular weight is 969 g/mol. The topological polar surface area (TPSA) is 8.17 Å². The normalized spacial score (nSPS) is 15.6. The zero-order valence-corrected chi connectivity index (χ0v) is 43.4. The molecule has 2 fully saturated rings. The number of anilines is 3. The molecular weight excluding hydrogens is 905 g/mol. The zero-order valence-electron chi connectivity index (χ0n) is 43.4. The molecular formula is C73H64N2. The highest BCUT2D eigenvalue weighted by molar-refractivity contribution is 6.10. The summed E-state index contributed by atoms with van der Waals surface area (Å²) < 4.78 is 2.43. The first-order chi connectivity index (χ1) is 37.0. The van der Waals surface area contributed by atoms with Gasteiger partial charge in [0.1, 0.15) is 0 Å². The second-order valence-corrected chi connectivity index (χ2v) is 22.5. The monoisotopic (exact) mass is 969 g/mol. The van der Waals surface area contributed by atoms with E-state index in [2.05, 4.69) is 242 Å². The van der Waals surface area contributed by atoms with Crippen molar-refractivity contribution in [1.82, 2.24) is 4.57 Å². The molecule has 1 aromatic heterocycles. The maximum Gasteiger partial charge on any atom is 0.0549 e. The van der Waals surface area contributed by atoms with Crippen LogP contribution in [0.1, 0.15) is 112 Å². The van der Waals surface area contributed by atoms with Gasteiger partial charge in [-0.3, -0.25) is 0 Å². The molecule has 0 amide bonds. The molecule has 0 aliphatic heterocycles. The Morgan fingerprint density at radius 3 is 1.64 bits per heavy atom. The molecule has 0 spiro atoms. The van der Waals surface area contributed by atoms with E-state index in [9.17, 15) is 0 Å². The van der Waals surface area contributed by atoms with Gasteiger partial charge in [-0.15, -0.1) is 0 Å². The predicted molar refractivity (Wildman–Crippen MR) is 318 cm³/mol. The van der Waals surface area contributed by atoms with E-state index >= 15 is 0 Å². The number of hydrogen-bond donors (Lipinski definition) is 0. The third-order valence-electron chi connectivity index (χ3n) is 17.8. The van der Waals surface area contributed by atoms with Crippen LogP contribution in [-0.4, -0.2) is 4.57 Å². The Hall–Kier alpha value is -7.94. The van der Waals surface area contributed by atoms with E-state index in [0.29, 0.717) is 11.8 Å². The molecule has 3 aliphatic rings. The molecule has 1 heterocycles. The average Bonchev–Trinajstić information content (AvgIpc) is 3.96. The Morgan fingerprint density at radius 1 is 0.387 bits per heavy atom. The lowest BCUT2D eigenvalue weighted by Crippen LogP contribution is -2.16. The highest BCUT2D eigenvalue weighted by atomic mass is 15.1. The number of rotatable bonds is 9. The summed E-state index contributed by atoms with van der Waals surface area (Å²) >= 11 is 0. The van der Waals surface area contributed by atoms with Gasteiger partial charge in [0.25, 0.3) is 0 Å². The summed E-state index contributed by atoms with van der Waals surface area (Å²) in [6, 6.07) is 83.5. The number of nitrogens with zero attached hydrogens (tertiary/aromatic N) is 2. The van der Waals surface area contributed by atoms with Gasteiger partial charge >= 0.3 is 0 Å². The van der Waals surface area contributed by atoms with E-state index in [4.69, 9.17) is 0 Å². The first kappa shape index (κ1) is 45.7. The van der Waals surface area contributed by atoms with E-state index in [0.717, 1.165) is 11.4 Å². The molecule has 3 aliphatic carbocycles. The van der Waals surface area contributed by atoms with Gasteiger partial charge in [0.2, 0.25) is 0 Å². The van der Waals surface area contributed by atoms with Crippen molar-refractivity contribution in [3.8, 4) is 50.2 Å². The molecule has 2 saturated carbocycles. The van der Waals surface area contributed by atoms with E-state index in [1.807, 2.05) is 0 Å². The fourth-order valence-corrected chi connectivity index (χ4v) is 14.0. The van der Waals surface area contributed by atoms with Crippen LogP contribution >= 0.6 is 0 Å². The molecule has 0 saturated heterocycles. The Morgan fingerprint density at radius 2 is 0.933 bits per heavy atom. The van der Waals surface area contributed by atoms with Gasteiger partial charge < -0.3 is 9.47 Å². The van der Waals surface area contributed by atoms with E-state index in [1.165, 1.54) is 175 Å². The fourth-order valence-electron chi connectivity index (χ4n) is 14.0. The Kier molecular flexibility index (Phi) is 11.4. The number of benzene rings is 10. The van der Waals surface area contributed by atoms with Gasteiger partial charge in [0.05, 0.1) is 16.7 Å². The molecule has 0 unspecified atom stereocenters. The molecule has 366 valence electrons. The van der Waals surface area contributed by atoms with Crippen LogP contribution < -0.4 is 4.90 Å². The van der Waals surface area contributed by atoms with Crippen molar-refractivity contribution >= 4 is 49.6 Å². The fraction of sp³-hybridized carbons (Fsp3) is 0.205. The Balaban J connectivity index is 0.962. The molecule has 11 aromatic rings. The number of aromatic nitrogens is 1. The minimum atomic E-state index is -0.0922. The minimum absolute atomic E-state index is 0.0922. The van der Waals surface area contributed by atoms with Crippen LogP contribution in [0.5, 0.6) is 0 Å². The third kappa shape index (κ3) is 7.92. The van der Waals surface area contributed by atoms with Crippen LogP contribution in [0.3, 0.4) is 0 Å². The second-order valence-electron chi connectivity index (χ2n) is 22.5. The highest BCUT2D eigenvalue weighted by Gasteiger charge is 2.36. The van der Waals surface area contributed by atoms with Gasteiger partial charge in [-0.25, -0.2) is 0 Å². The molecule has 0 N–H and O–H groups in total. The van der Waals surface area contributed by atoms with Crippen LogP contribution in [0.4, 0.5) is 17.1 Å². The van der Waals surface area contributed by atoms with E-state index in [1.54, 1.807) is 0 Å². The molecule has 10 aromatic carbocycles. The van der Waals surface area contributed by atoms with Crippen LogP contribution in [0.15, 0.2) is 218 Å². The number of fused-ring (bicyclic) bond motifs is 7. The van der Waals surface area contributed by atoms with Crippen LogP contribution in [-0.2, 0) is 5.41 Å². The molecule has 2 heteroatoms. The van der Waals surface area contributed by atoms with Gasteiger partial charge in [0.15, 0.2) is 0 Å². The summed E-state index contributed by atoms with van der Waals surface area (Å²) in [5.41, 5.74) is 22.9. The summed E-state index contributed by atoms with van der Waals surface area (Å²) in [6.07, 6.45) is 13.0. The lowest BCUT2D eigenvalue weighted by Gasteiger charge is -2.32. The van der Waals surface area contributed by atoms with Crippen molar-refractivity contribution in [2.24, 2.45) is 0 Å². The summed E-state index contributed by atoms with van der Waals surface area (Å²) in [6.45, 7) is 4.78. The number of para-hydroxylation sites is 2. The van der Waals surface area contributed by atoms with Crippen LogP contribution in [0.2, 0.25) is 0 Å². The Bertz CT molecular complexity index is 3880. The van der Waals surface area contributed by atoms with Crippen molar-refractivity contribution < 1.29 is 0 Å². The van der Waals surface area contributed by atoms with Crippen molar-refractivity contribution in [2.45, 2.75) is 95.3 Å². The first-order valence-corrected chi connectivity index (χ1v) is 28.0. The van der Waals surface area contributed by atoms with Crippen molar-refractivity contribution in [1.29, 1.82) is 0 Å². The minimum Gasteiger partial charge on any atom is -0.310 e. The van der Waals surface area contributed by atoms with Crippen molar-refractivity contribution in [3.63, 3.8) is 0 Å². The van der Waals surface area contributed by atoms with Gasteiger partial charge in [-0.1, -0.05) is 210 Å². The summed E-state index contributed by atoms with van der Waals surface area (Å²) in [5.74, 6) is 1.19. The second kappa shape index (κ2) is 18.8. The molecule has 0 atom stereocenters. The molecule has 14 rings (SSSR count). The number of hydrogen-bond acceptors (Lipinski definition) is 1. The highest BCUT2D eigenvalue weighted by Crippen LogP contribution is 2.53. The van der Waals surface area contributed by atoms with E-state index < -0.39 is 0 Å². The first-order valence-electron chi connectivity index (χ1n) is 28.0. The SMILES string of the molecule is CC1(C)c2ccccc2-c2cc(N(c3ccc(-c4ccc(C5CCCCC5)cc4)cc3)c3cc(C4CCCCC4)c4ccccc4c3-c3cccc(-c4cccc(-n5c6ccccc6c6ccccc65)c4)c3)ccc21. The van der Waals surface area contributed by atoms with Crippen LogP contribution in [0.25, 0.3) is 82.8 Å². The predicted octanol–water partition coefficient (Wildman–Crippen LogP) is 20.8. The van der Waals surface area contributed by atoms with Crippen molar-refractivity contribution in [3.05, 3.63) is 241 Å². The van der Waals surface area contributed by atoms with Crippen LogP contribution in [0, 0.1) is 0 Å². The largest absolute Gasteiger partial charge is 0.310 e. The summed E-state index contributed by atoms with van der Waals surface area (Å²) in [5, 5.41) is 5.23.